The molecule has 1 aliphatic rings. The van der Waals surface area contributed by atoms with E-state index in [1.54, 1.807) is 0 Å². The predicted octanol–water partition coefficient (Wildman–Crippen LogP) is 1.92. The van der Waals surface area contributed by atoms with E-state index in [4.69, 9.17) is 10.9 Å². The Morgan fingerprint density at radius 1 is 1.43 bits per heavy atom. The first-order valence-electron chi connectivity index (χ1n) is 7.01. The minimum absolute atomic E-state index is 0.0851. The number of oxime groups is 1. The van der Waals surface area contributed by atoms with Gasteiger partial charge in [-0.2, -0.15) is 11.8 Å². The van der Waals surface area contributed by atoms with Crippen molar-refractivity contribution in [3.05, 3.63) is 35.9 Å². The Bertz CT molecular complexity index is 507. The van der Waals surface area contributed by atoms with Crippen molar-refractivity contribution in [2.45, 2.75) is 36.5 Å². The lowest BCUT2D eigenvalue weighted by atomic mass is 9.96. The third-order valence-corrected chi connectivity index (χ3v) is 4.97. The highest BCUT2D eigenvalue weighted by Gasteiger charge is 2.30. The number of carbonyl (C=O) groups is 1. The molecule has 3 unspecified atom stereocenters. The van der Waals surface area contributed by atoms with Crippen molar-refractivity contribution >= 4 is 23.5 Å². The van der Waals surface area contributed by atoms with Crippen molar-refractivity contribution in [2.75, 3.05) is 6.26 Å². The number of nitrogens with two attached hydrogens (primary N) is 1. The van der Waals surface area contributed by atoms with E-state index in [1.807, 2.05) is 42.1 Å². The quantitative estimate of drug-likeness (QED) is 0.336. The number of thioether (sulfide) groups is 1. The Balaban J connectivity index is 2.09. The number of amides is 1. The third-order valence-electron chi connectivity index (χ3n) is 3.87. The van der Waals surface area contributed by atoms with Gasteiger partial charge in [0.25, 0.3) is 0 Å². The molecule has 114 valence electrons. The van der Waals surface area contributed by atoms with Gasteiger partial charge in [0.2, 0.25) is 5.91 Å². The van der Waals surface area contributed by atoms with Gasteiger partial charge in [0.15, 0.2) is 5.84 Å². The molecule has 0 aliphatic heterocycles. The molecule has 0 saturated heterocycles. The molecule has 4 N–H and O–H groups in total. The van der Waals surface area contributed by atoms with Crippen LogP contribution in [0.25, 0.3) is 0 Å². The van der Waals surface area contributed by atoms with E-state index in [-0.39, 0.29) is 17.8 Å². The number of carbonyl (C=O) groups excluding carboxylic acids is 1. The van der Waals surface area contributed by atoms with Gasteiger partial charge in [-0.3, -0.25) is 4.79 Å². The van der Waals surface area contributed by atoms with Crippen molar-refractivity contribution in [1.29, 1.82) is 0 Å². The molecule has 0 heterocycles. The van der Waals surface area contributed by atoms with E-state index >= 15 is 0 Å². The summed E-state index contributed by atoms with van der Waals surface area (Å²) >= 11 is 1.84. The number of nitrogens with zero attached hydrogens (tertiary/aromatic N) is 1. The molecule has 3 atom stereocenters. The summed E-state index contributed by atoms with van der Waals surface area (Å²) in [7, 11) is 0. The van der Waals surface area contributed by atoms with Crippen molar-refractivity contribution < 1.29 is 10.0 Å². The van der Waals surface area contributed by atoms with Crippen LogP contribution in [0.15, 0.2) is 35.5 Å². The number of benzene rings is 1. The fraction of sp³-hybridized carbons (Fsp3) is 0.467. The zero-order chi connectivity index (χ0) is 15.2. The molecular weight excluding hydrogens is 286 g/mol. The van der Waals surface area contributed by atoms with Crippen LogP contribution in [0.1, 0.15) is 30.7 Å². The number of hydrogen-bond acceptors (Lipinski definition) is 4. The Hall–Kier alpha value is -1.69. The Morgan fingerprint density at radius 2 is 2.14 bits per heavy atom. The maximum absolute atomic E-state index is 12.5. The summed E-state index contributed by atoms with van der Waals surface area (Å²) in [6.45, 7) is 0. The van der Waals surface area contributed by atoms with Gasteiger partial charge in [-0.05, 0) is 31.1 Å². The topological polar surface area (TPSA) is 87.7 Å². The smallest absolute Gasteiger partial charge is 0.235 e. The van der Waals surface area contributed by atoms with Crippen LogP contribution in [0, 0.1) is 0 Å². The fourth-order valence-corrected chi connectivity index (χ4v) is 3.53. The largest absolute Gasteiger partial charge is 0.409 e. The average molecular weight is 307 g/mol. The molecule has 1 saturated carbocycles. The summed E-state index contributed by atoms with van der Waals surface area (Å²) in [6, 6.07) is 9.32. The van der Waals surface area contributed by atoms with E-state index in [9.17, 15) is 4.79 Å². The van der Waals surface area contributed by atoms with Crippen LogP contribution in [-0.2, 0) is 4.79 Å². The first-order chi connectivity index (χ1) is 10.2. The summed E-state index contributed by atoms with van der Waals surface area (Å²) in [5.74, 6) is -1.04. The van der Waals surface area contributed by atoms with Crippen LogP contribution in [0.5, 0.6) is 0 Å². The van der Waals surface area contributed by atoms with Crippen molar-refractivity contribution in [2.24, 2.45) is 10.9 Å². The summed E-state index contributed by atoms with van der Waals surface area (Å²) in [4.78, 5) is 12.5. The second kappa shape index (κ2) is 7.36. The molecule has 21 heavy (non-hydrogen) atoms. The van der Waals surface area contributed by atoms with E-state index in [0.717, 1.165) is 24.8 Å². The normalized spacial score (nSPS) is 23.8. The minimum Gasteiger partial charge on any atom is -0.409 e. The zero-order valence-corrected chi connectivity index (χ0v) is 12.8. The minimum atomic E-state index is -0.746. The van der Waals surface area contributed by atoms with Crippen LogP contribution in [0.2, 0.25) is 0 Å². The van der Waals surface area contributed by atoms with Crippen LogP contribution >= 0.6 is 11.8 Å². The highest BCUT2D eigenvalue weighted by atomic mass is 32.2. The molecule has 0 bridgehead atoms. The Kier molecular flexibility index (Phi) is 5.50. The van der Waals surface area contributed by atoms with Gasteiger partial charge in [-0.1, -0.05) is 35.5 Å². The maximum Gasteiger partial charge on any atom is 0.235 e. The Labute approximate surface area is 129 Å². The van der Waals surface area contributed by atoms with Crippen LogP contribution in [-0.4, -0.2) is 34.5 Å². The second-order valence-electron chi connectivity index (χ2n) is 5.24. The summed E-state index contributed by atoms with van der Waals surface area (Å²) in [6.07, 6.45) is 5.17. The van der Waals surface area contributed by atoms with E-state index < -0.39 is 5.92 Å². The van der Waals surface area contributed by atoms with E-state index in [0.29, 0.717) is 5.25 Å². The van der Waals surface area contributed by atoms with Gasteiger partial charge in [0, 0.05) is 11.3 Å². The fourth-order valence-electron chi connectivity index (χ4n) is 2.73. The second-order valence-corrected chi connectivity index (χ2v) is 6.38. The molecule has 0 aromatic heterocycles. The van der Waals surface area contributed by atoms with Crippen molar-refractivity contribution in [3.63, 3.8) is 0 Å². The molecule has 1 amide bonds. The lowest BCUT2D eigenvalue weighted by Gasteiger charge is -2.19. The maximum atomic E-state index is 12.5. The monoisotopic (exact) mass is 307 g/mol. The standard InChI is InChI=1S/C15H21N3O2S/c1-21-12-8-7-11(9-12)17-15(19)13(14(16)18-20)10-5-3-2-4-6-10/h2-6,11-13,20H,7-9H2,1H3,(H2,16,18)(H,17,19). The van der Waals surface area contributed by atoms with Crippen LogP contribution in [0.3, 0.4) is 0 Å². The van der Waals surface area contributed by atoms with Crippen molar-refractivity contribution in [3.8, 4) is 0 Å². The van der Waals surface area contributed by atoms with Gasteiger partial charge < -0.3 is 16.3 Å². The SMILES string of the molecule is CSC1CCC(NC(=O)C(/C(N)=N/O)c2ccccc2)C1. The molecule has 1 aliphatic carbocycles. The molecule has 1 fully saturated rings. The van der Waals surface area contributed by atoms with Crippen LogP contribution in [0.4, 0.5) is 0 Å². The van der Waals surface area contributed by atoms with Gasteiger partial charge in [0.1, 0.15) is 5.92 Å². The molecule has 6 heteroatoms. The highest BCUT2D eigenvalue weighted by molar-refractivity contribution is 7.99. The molecule has 1 aromatic rings. The predicted molar refractivity (Wildman–Crippen MR) is 85.7 cm³/mol. The van der Waals surface area contributed by atoms with E-state index in [1.165, 1.54) is 0 Å². The molecule has 1 aromatic carbocycles. The molecule has 5 nitrogen and oxygen atoms in total. The molecular formula is C15H21N3O2S. The van der Waals surface area contributed by atoms with Crippen LogP contribution < -0.4 is 11.1 Å². The summed E-state index contributed by atoms with van der Waals surface area (Å²) in [5.41, 5.74) is 6.44. The zero-order valence-electron chi connectivity index (χ0n) is 12.0. The lowest BCUT2D eigenvalue weighted by Crippen LogP contribution is -2.41. The summed E-state index contributed by atoms with van der Waals surface area (Å²) < 4.78 is 0. The average Bonchev–Trinajstić information content (AvgIpc) is 2.96. The lowest BCUT2D eigenvalue weighted by molar-refractivity contribution is -0.121. The number of nitrogens with one attached hydrogen (secondary N) is 1. The van der Waals surface area contributed by atoms with Gasteiger partial charge in [-0.15, -0.1) is 0 Å². The highest BCUT2D eigenvalue weighted by Crippen LogP contribution is 2.28. The van der Waals surface area contributed by atoms with Gasteiger partial charge >= 0.3 is 0 Å². The summed E-state index contributed by atoms with van der Waals surface area (Å²) in [5, 5.41) is 15.6. The van der Waals surface area contributed by atoms with Crippen molar-refractivity contribution in [1.82, 2.24) is 5.32 Å². The molecule has 0 spiro atoms. The first-order valence-corrected chi connectivity index (χ1v) is 8.30. The molecule has 2 rings (SSSR count). The molecule has 0 radical (unpaired) electrons. The first kappa shape index (κ1) is 15.7. The number of amidine groups is 1. The third kappa shape index (κ3) is 3.91. The van der Waals surface area contributed by atoms with E-state index in [2.05, 4.69) is 16.7 Å². The Morgan fingerprint density at radius 3 is 2.71 bits per heavy atom. The number of rotatable bonds is 5. The number of hydrogen-bond donors (Lipinski definition) is 3. The van der Waals surface area contributed by atoms with Gasteiger partial charge in [-0.25, -0.2) is 0 Å². The van der Waals surface area contributed by atoms with Gasteiger partial charge in [0.05, 0.1) is 0 Å².